The van der Waals surface area contributed by atoms with Gasteiger partial charge in [0.2, 0.25) is 0 Å². The summed E-state index contributed by atoms with van der Waals surface area (Å²) in [5, 5.41) is 3.34. The highest BCUT2D eigenvalue weighted by Gasteiger charge is 2.18. The molecule has 0 amide bonds. The molecule has 17 heavy (non-hydrogen) atoms. The van der Waals surface area contributed by atoms with E-state index in [0.717, 1.165) is 5.75 Å². The molecule has 0 fully saturated rings. The van der Waals surface area contributed by atoms with Crippen LogP contribution in [0.4, 0.5) is 0 Å². The lowest BCUT2D eigenvalue weighted by molar-refractivity contribution is 0.403. The first-order valence-corrected chi connectivity index (χ1v) is 6.07. The molecule has 0 spiro atoms. The highest BCUT2D eigenvalue weighted by atomic mass is 16.5. The van der Waals surface area contributed by atoms with Crippen LogP contribution in [0, 0.1) is 19.8 Å². The lowest BCUT2D eigenvalue weighted by Gasteiger charge is -2.24. The molecule has 1 rings (SSSR count). The predicted octanol–water partition coefficient (Wildman–Crippen LogP) is 2.17. The molecule has 0 radical (unpaired) electrons. The van der Waals surface area contributed by atoms with E-state index in [1.165, 1.54) is 16.7 Å². The van der Waals surface area contributed by atoms with Gasteiger partial charge < -0.3 is 15.8 Å². The van der Waals surface area contributed by atoms with Crippen LogP contribution < -0.4 is 15.8 Å². The molecule has 1 aromatic carbocycles. The Bertz CT molecular complexity index is 353. The molecule has 96 valence electrons. The third-order valence-corrected chi connectivity index (χ3v) is 3.30. The fourth-order valence-corrected chi connectivity index (χ4v) is 2.40. The van der Waals surface area contributed by atoms with Crippen molar-refractivity contribution in [3.63, 3.8) is 0 Å². The van der Waals surface area contributed by atoms with E-state index in [2.05, 4.69) is 38.2 Å². The van der Waals surface area contributed by atoms with Crippen molar-refractivity contribution < 1.29 is 4.74 Å². The van der Waals surface area contributed by atoms with E-state index in [1.54, 1.807) is 7.11 Å². The molecule has 0 saturated carbocycles. The van der Waals surface area contributed by atoms with Gasteiger partial charge in [0.15, 0.2) is 0 Å². The Hall–Kier alpha value is -1.06. The van der Waals surface area contributed by atoms with Crippen molar-refractivity contribution in [1.29, 1.82) is 0 Å². The fourth-order valence-electron chi connectivity index (χ4n) is 2.40. The van der Waals surface area contributed by atoms with Gasteiger partial charge in [0.05, 0.1) is 7.11 Å². The van der Waals surface area contributed by atoms with Crippen molar-refractivity contribution in [2.75, 3.05) is 20.7 Å². The summed E-state index contributed by atoms with van der Waals surface area (Å²) >= 11 is 0. The number of nitrogens with two attached hydrogens (primary N) is 1. The number of benzene rings is 1. The molecule has 0 aliphatic rings. The van der Waals surface area contributed by atoms with Gasteiger partial charge in [0, 0.05) is 6.04 Å². The number of rotatable bonds is 5. The number of ether oxygens (including phenoxy) is 1. The van der Waals surface area contributed by atoms with Crippen LogP contribution in [-0.4, -0.2) is 20.7 Å². The van der Waals surface area contributed by atoms with Gasteiger partial charge in [0.1, 0.15) is 5.75 Å². The Morgan fingerprint density at radius 3 is 2.18 bits per heavy atom. The Labute approximate surface area is 104 Å². The second-order valence-corrected chi connectivity index (χ2v) is 4.67. The van der Waals surface area contributed by atoms with Crippen LogP contribution in [0.15, 0.2) is 12.1 Å². The SMILES string of the molecule is CNC(c1cc(C)c(OC)c(C)c1)C(C)CN. The summed E-state index contributed by atoms with van der Waals surface area (Å²) in [7, 11) is 3.69. The Morgan fingerprint density at radius 2 is 1.82 bits per heavy atom. The molecule has 0 aliphatic carbocycles. The van der Waals surface area contributed by atoms with Crippen molar-refractivity contribution in [3.05, 3.63) is 28.8 Å². The maximum absolute atomic E-state index is 5.75. The topological polar surface area (TPSA) is 47.3 Å². The van der Waals surface area contributed by atoms with E-state index in [1.807, 2.05) is 7.05 Å². The minimum absolute atomic E-state index is 0.295. The monoisotopic (exact) mass is 236 g/mol. The summed E-state index contributed by atoms with van der Waals surface area (Å²) in [6.07, 6.45) is 0. The van der Waals surface area contributed by atoms with Gasteiger partial charge in [-0.3, -0.25) is 0 Å². The van der Waals surface area contributed by atoms with Crippen molar-refractivity contribution in [2.45, 2.75) is 26.8 Å². The average Bonchev–Trinajstić information content (AvgIpc) is 2.29. The number of nitrogens with one attached hydrogen (secondary N) is 1. The van der Waals surface area contributed by atoms with Gasteiger partial charge in [0.25, 0.3) is 0 Å². The van der Waals surface area contributed by atoms with Gasteiger partial charge >= 0.3 is 0 Å². The minimum atomic E-state index is 0.295. The standard InChI is InChI=1S/C14H24N2O/c1-9-6-12(7-10(2)14(9)17-5)13(16-4)11(3)8-15/h6-7,11,13,16H,8,15H2,1-5H3. The zero-order chi connectivity index (χ0) is 13.0. The zero-order valence-corrected chi connectivity index (χ0v) is 11.5. The van der Waals surface area contributed by atoms with Gasteiger partial charge in [-0.1, -0.05) is 19.1 Å². The van der Waals surface area contributed by atoms with E-state index < -0.39 is 0 Å². The number of hydrogen-bond donors (Lipinski definition) is 2. The van der Waals surface area contributed by atoms with E-state index >= 15 is 0 Å². The van der Waals surface area contributed by atoms with Crippen molar-refractivity contribution in [2.24, 2.45) is 11.7 Å². The van der Waals surface area contributed by atoms with Crippen LogP contribution in [0.3, 0.4) is 0 Å². The Balaban J connectivity index is 3.14. The van der Waals surface area contributed by atoms with Gasteiger partial charge in [-0.2, -0.15) is 0 Å². The molecule has 3 heteroatoms. The first kappa shape index (κ1) is 14.0. The molecule has 0 saturated heterocycles. The highest BCUT2D eigenvalue weighted by molar-refractivity contribution is 5.44. The average molecular weight is 236 g/mol. The predicted molar refractivity (Wildman–Crippen MR) is 72.5 cm³/mol. The van der Waals surface area contributed by atoms with E-state index in [0.29, 0.717) is 18.5 Å². The highest BCUT2D eigenvalue weighted by Crippen LogP contribution is 2.29. The Kier molecular flexibility index (Phi) is 4.97. The molecule has 3 nitrogen and oxygen atoms in total. The maximum Gasteiger partial charge on any atom is 0.124 e. The smallest absolute Gasteiger partial charge is 0.124 e. The number of aryl methyl sites for hydroxylation is 2. The lowest BCUT2D eigenvalue weighted by Crippen LogP contribution is -2.28. The molecule has 2 atom stereocenters. The Morgan fingerprint density at radius 1 is 1.29 bits per heavy atom. The number of methoxy groups -OCH3 is 1. The van der Waals surface area contributed by atoms with Crippen molar-refractivity contribution in [3.8, 4) is 5.75 Å². The van der Waals surface area contributed by atoms with Crippen LogP contribution in [0.25, 0.3) is 0 Å². The summed E-state index contributed by atoms with van der Waals surface area (Å²) in [6.45, 7) is 7.00. The molecular formula is C14H24N2O. The summed E-state index contributed by atoms with van der Waals surface area (Å²) in [6, 6.07) is 4.65. The summed E-state index contributed by atoms with van der Waals surface area (Å²) < 4.78 is 5.39. The molecular weight excluding hydrogens is 212 g/mol. The minimum Gasteiger partial charge on any atom is -0.496 e. The molecule has 0 aliphatic heterocycles. The summed E-state index contributed by atoms with van der Waals surface area (Å²) in [5.41, 5.74) is 9.38. The van der Waals surface area contributed by atoms with Gasteiger partial charge in [-0.05, 0) is 50.0 Å². The quantitative estimate of drug-likeness (QED) is 0.823. The van der Waals surface area contributed by atoms with Gasteiger partial charge in [-0.25, -0.2) is 0 Å². The van der Waals surface area contributed by atoms with Gasteiger partial charge in [-0.15, -0.1) is 0 Å². The molecule has 0 heterocycles. The second-order valence-electron chi connectivity index (χ2n) is 4.67. The van der Waals surface area contributed by atoms with E-state index in [-0.39, 0.29) is 0 Å². The fraction of sp³-hybridized carbons (Fsp3) is 0.571. The van der Waals surface area contributed by atoms with Crippen LogP contribution in [0.5, 0.6) is 5.75 Å². The second kappa shape index (κ2) is 6.03. The van der Waals surface area contributed by atoms with Crippen LogP contribution in [0.2, 0.25) is 0 Å². The van der Waals surface area contributed by atoms with Crippen LogP contribution >= 0.6 is 0 Å². The van der Waals surface area contributed by atoms with Crippen molar-refractivity contribution in [1.82, 2.24) is 5.32 Å². The van der Waals surface area contributed by atoms with Crippen molar-refractivity contribution >= 4 is 0 Å². The molecule has 0 aromatic heterocycles. The largest absolute Gasteiger partial charge is 0.496 e. The molecule has 1 aromatic rings. The summed E-state index contributed by atoms with van der Waals surface area (Å²) in [4.78, 5) is 0. The molecule has 3 N–H and O–H groups in total. The van der Waals surface area contributed by atoms with Crippen LogP contribution in [0.1, 0.15) is 29.7 Å². The number of hydrogen-bond acceptors (Lipinski definition) is 3. The first-order chi connectivity index (χ1) is 8.04. The third kappa shape index (κ3) is 2.99. The normalized spacial score (nSPS) is 14.5. The molecule has 2 unspecified atom stereocenters. The third-order valence-electron chi connectivity index (χ3n) is 3.30. The molecule has 0 bridgehead atoms. The lowest BCUT2D eigenvalue weighted by atomic mass is 9.92. The van der Waals surface area contributed by atoms with E-state index in [4.69, 9.17) is 10.5 Å². The first-order valence-electron chi connectivity index (χ1n) is 6.07. The summed E-state index contributed by atoms with van der Waals surface area (Å²) in [5.74, 6) is 1.39. The van der Waals surface area contributed by atoms with E-state index in [9.17, 15) is 0 Å². The zero-order valence-electron chi connectivity index (χ0n) is 11.5. The maximum atomic E-state index is 5.75. The van der Waals surface area contributed by atoms with Crippen LogP contribution in [-0.2, 0) is 0 Å².